The van der Waals surface area contributed by atoms with Gasteiger partial charge in [-0.25, -0.2) is 9.59 Å². The Bertz CT molecular complexity index is 2930. The normalized spacial score (nSPS) is 16.5. The molecule has 6 aromatic rings. The number of carbonyl (C=O) groups excluding carboxylic acids is 5. The molecule has 2 amide bonds. The summed E-state index contributed by atoms with van der Waals surface area (Å²) in [6.45, 7) is 18.2. The highest BCUT2D eigenvalue weighted by atomic mass is 79.9. The number of amides is 2. The third-order valence-electron chi connectivity index (χ3n) is 12.5. The molecule has 0 spiro atoms. The van der Waals surface area contributed by atoms with Crippen LogP contribution in [0.1, 0.15) is 123 Å². The van der Waals surface area contributed by atoms with E-state index >= 15 is 0 Å². The van der Waals surface area contributed by atoms with Gasteiger partial charge >= 0.3 is 30.1 Å². The lowest BCUT2D eigenvalue weighted by Gasteiger charge is -2.26. The van der Waals surface area contributed by atoms with Crippen LogP contribution in [0.5, 0.6) is 0 Å². The molecule has 0 fully saturated rings. The lowest BCUT2D eigenvalue weighted by molar-refractivity contribution is -0.144. The number of rotatable bonds is 10. The summed E-state index contributed by atoms with van der Waals surface area (Å²) in [6, 6.07) is 12.0. The van der Waals surface area contributed by atoms with Crippen molar-refractivity contribution in [3.8, 4) is 0 Å². The van der Waals surface area contributed by atoms with Crippen LogP contribution in [-0.4, -0.2) is 114 Å². The van der Waals surface area contributed by atoms with E-state index in [-0.39, 0.29) is 62.6 Å². The molecule has 76 heavy (non-hydrogen) atoms. The fourth-order valence-electron chi connectivity index (χ4n) is 9.59. The number of fused-ring (bicyclic) bond motifs is 9. The van der Waals surface area contributed by atoms with Crippen molar-refractivity contribution in [3.05, 3.63) is 88.8 Å². The molecule has 3 aliphatic carbocycles. The quantitative estimate of drug-likeness (QED) is 0.0569. The zero-order valence-corrected chi connectivity index (χ0v) is 46.4. The largest absolute Gasteiger partial charge is 0.465 e. The maximum absolute atomic E-state index is 12.1. The smallest absolute Gasteiger partial charge is 0.407 e. The lowest BCUT2D eigenvalue weighted by Crippen LogP contribution is -2.42. The number of aryl methyl sites for hydroxylation is 1. The number of alkyl halides is 1. The molecule has 19 nitrogen and oxygen atoms in total. The SMILES string of the molecule is C.CC(C)(C)OC(=O)NC1CCc2[nH]c3cccnc3c2C1.CCOC(=O)CBr.CCOC(=O)Cn1c2c(c3ncccc31)CC(N)CC2.CCOC(=O)Cn1c2c(c3ncccc31)CC(NC(=O)OC(C)(C)C)CC2. The first kappa shape index (κ1) is 60.3. The van der Waals surface area contributed by atoms with Crippen LogP contribution in [-0.2, 0) is 89.7 Å². The van der Waals surface area contributed by atoms with Gasteiger partial charge in [0.1, 0.15) is 29.6 Å². The number of nitrogens with one attached hydrogen (secondary N) is 3. The fourth-order valence-corrected chi connectivity index (χ4v) is 9.75. The number of hydrogen-bond acceptors (Lipinski definition) is 14. The number of H-pyrrole nitrogens is 1. The molecule has 0 bridgehead atoms. The van der Waals surface area contributed by atoms with Crippen LogP contribution in [0.3, 0.4) is 0 Å². The van der Waals surface area contributed by atoms with Gasteiger partial charge in [0.05, 0.1) is 52.9 Å². The number of carbonyl (C=O) groups is 5. The highest BCUT2D eigenvalue weighted by Gasteiger charge is 2.30. The summed E-state index contributed by atoms with van der Waals surface area (Å²) in [5.41, 5.74) is 18.0. The van der Waals surface area contributed by atoms with E-state index in [1.54, 1.807) is 32.4 Å². The Morgan fingerprint density at radius 2 is 1.07 bits per heavy atom. The van der Waals surface area contributed by atoms with E-state index < -0.39 is 17.3 Å². The Hall–Kier alpha value is -6.54. The maximum atomic E-state index is 12.1. The number of alkyl carbamates (subject to hydrolysis) is 2. The average Bonchev–Trinajstić information content (AvgIpc) is 3.99. The minimum atomic E-state index is -0.527. The van der Waals surface area contributed by atoms with Crippen molar-refractivity contribution in [2.75, 3.05) is 25.2 Å². The molecule has 20 heteroatoms. The summed E-state index contributed by atoms with van der Waals surface area (Å²) in [4.78, 5) is 74.9. The van der Waals surface area contributed by atoms with Gasteiger partial charge in [0.25, 0.3) is 0 Å². The Labute approximate surface area is 454 Å². The Balaban J connectivity index is 0.000000199. The molecule has 5 N–H and O–H groups in total. The molecule has 6 aromatic heterocycles. The third-order valence-corrected chi connectivity index (χ3v) is 12.9. The summed E-state index contributed by atoms with van der Waals surface area (Å²) in [6.07, 6.45) is 12.1. The molecule has 0 saturated heterocycles. The van der Waals surface area contributed by atoms with Gasteiger partial charge in [0.15, 0.2) is 0 Å². The number of nitrogens with zero attached hydrogens (tertiary/aromatic N) is 5. The van der Waals surface area contributed by atoms with Crippen LogP contribution >= 0.6 is 15.9 Å². The van der Waals surface area contributed by atoms with Crippen LogP contribution in [0.4, 0.5) is 9.59 Å². The predicted molar refractivity (Wildman–Crippen MR) is 296 cm³/mol. The Kier molecular flexibility index (Phi) is 21.8. The zero-order chi connectivity index (χ0) is 54.5. The van der Waals surface area contributed by atoms with Gasteiger partial charge in [-0.3, -0.25) is 29.3 Å². The van der Waals surface area contributed by atoms with Crippen LogP contribution < -0.4 is 16.4 Å². The molecule has 414 valence electrons. The molecule has 3 atom stereocenters. The van der Waals surface area contributed by atoms with Gasteiger partial charge in [-0.2, -0.15) is 0 Å². The van der Waals surface area contributed by atoms with Crippen LogP contribution in [0.15, 0.2) is 55.0 Å². The van der Waals surface area contributed by atoms with E-state index in [1.807, 2.05) is 94.0 Å². The van der Waals surface area contributed by atoms with Crippen LogP contribution in [0, 0.1) is 0 Å². The van der Waals surface area contributed by atoms with E-state index in [1.165, 1.54) is 22.5 Å². The van der Waals surface area contributed by atoms with Gasteiger partial charge in [0, 0.05) is 70.5 Å². The number of hydrogen-bond donors (Lipinski definition) is 4. The highest BCUT2D eigenvalue weighted by Crippen LogP contribution is 2.33. The molecule has 0 radical (unpaired) electrons. The number of ether oxygens (including phenoxy) is 5. The van der Waals surface area contributed by atoms with Gasteiger partial charge in [-0.1, -0.05) is 23.4 Å². The minimum Gasteiger partial charge on any atom is -0.465 e. The van der Waals surface area contributed by atoms with Crippen molar-refractivity contribution >= 4 is 79.1 Å². The topological polar surface area (TPSA) is 246 Å². The van der Waals surface area contributed by atoms with Gasteiger partial charge in [0.2, 0.25) is 0 Å². The van der Waals surface area contributed by atoms with E-state index in [9.17, 15) is 24.0 Å². The second kappa shape index (κ2) is 27.5. The van der Waals surface area contributed by atoms with E-state index in [0.717, 1.165) is 95.7 Å². The third kappa shape index (κ3) is 16.5. The number of aromatic nitrogens is 6. The standard InChI is InChI=1S/C20H27N3O4.C16H21N3O2.C15H19N3O2.C4H7BrO2.CH4/c1-5-26-17(24)12-23-15-9-8-13(22-19(25)27-20(2,3)4)11-14(15)18-16(23)7-6-10-21-18;1-16(2,3)21-15(20)18-10-6-7-12-11(9-10)14-13(19-12)5-4-8-17-14;1-2-20-14(19)9-18-12-6-5-10(16)8-11(12)15-13(18)4-3-7-17-15;1-2-7-4(6)3-5;/h6-7,10,13H,5,8-9,11-12H2,1-4H3,(H,22,25);4-5,8,10,19H,6-7,9H2,1-3H3,(H,18,20);3-4,7,10H,2,5-6,8-9,16H2,1H3;2-3H2,1H3;1H4. The van der Waals surface area contributed by atoms with Crippen LogP contribution in [0.2, 0.25) is 0 Å². The second-order valence-corrected chi connectivity index (χ2v) is 21.0. The molecule has 3 aliphatic rings. The van der Waals surface area contributed by atoms with Crippen molar-refractivity contribution in [1.82, 2.24) is 39.7 Å². The molecule has 6 heterocycles. The van der Waals surface area contributed by atoms with Gasteiger partial charge < -0.3 is 54.2 Å². The van der Waals surface area contributed by atoms with Crippen molar-refractivity contribution in [1.29, 1.82) is 0 Å². The maximum Gasteiger partial charge on any atom is 0.407 e. The van der Waals surface area contributed by atoms with Gasteiger partial charge in [-0.15, -0.1) is 0 Å². The molecule has 0 aliphatic heterocycles. The molecule has 3 unspecified atom stereocenters. The average molecular weight is 1120 g/mol. The Morgan fingerprint density at radius 3 is 1.54 bits per heavy atom. The number of aromatic amines is 1. The summed E-state index contributed by atoms with van der Waals surface area (Å²) in [5, 5.41) is 6.22. The van der Waals surface area contributed by atoms with Crippen molar-refractivity contribution in [3.63, 3.8) is 0 Å². The number of nitrogens with two attached hydrogens (primary N) is 1. The number of esters is 3. The lowest BCUT2D eigenvalue weighted by atomic mass is 9.92. The second-order valence-electron chi connectivity index (χ2n) is 20.5. The van der Waals surface area contributed by atoms with Crippen LogP contribution in [0.25, 0.3) is 33.1 Å². The monoisotopic (exact) mass is 1120 g/mol. The number of halogens is 1. The first-order valence-corrected chi connectivity index (χ1v) is 27.0. The molecular weight excluding hydrogens is 1040 g/mol. The van der Waals surface area contributed by atoms with Crippen molar-refractivity contribution < 1.29 is 47.7 Å². The molecule has 0 saturated carbocycles. The summed E-state index contributed by atoms with van der Waals surface area (Å²) < 4.78 is 29.4. The highest BCUT2D eigenvalue weighted by molar-refractivity contribution is 9.09. The molecule has 0 aromatic carbocycles. The first-order chi connectivity index (χ1) is 35.7. The summed E-state index contributed by atoms with van der Waals surface area (Å²) >= 11 is 2.94. The molecule has 9 rings (SSSR count). The summed E-state index contributed by atoms with van der Waals surface area (Å²) in [7, 11) is 0. The Morgan fingerprint density at radius 1 is 0.632 bits per heavy atom. The van der Waals surface area contributed by atoms with Gasteiger partial charge in [-0.05, 0) is 156 Å². The zero-order valence-electron chi connectivity index (χ0n) is 44.8. The van der Waals surface area contributed by atoms with E-state index in [0.29, 0.717) is 31.6 Å². The molecular formula is C56H78BrN9O10. The summed E-state index contributed by atoms with van der Waals surface area (Å²) in [5.74, 6) is -0.663. The first-order valence-electron chi connectivity index (χ1n) is 25.8. The predicted octanol–water partition coefficient (Wildman–Crippen LogP) is 8.92. The van der Waals surface area contributed by atoms with Crippen molar-refractivity contribution in [2.24, 2.45) is 5.73 Å². The fraction of sp³-hybridized carbons (Fsp3) is 0.536. The van der Waals surface area contributed by atoms with Crippen molar-refractivity contribution in [2.45, 2.75) is 170 Å². The minimum absolute atomic E-state index is 0. The van der Waals surface area contributed by atoms with E-state index in [4.69, 9.17) is 24.7 Å². The number of pyridine rings is 3. The van der Waals surface area contributed by atoms with E-state index in [2.05, 4.69) is 51.2 Å².